The van der Waals surface area contributed by atoms with Gasteiger partial charge in [0.2, 0.25) is 35.4 Å². The Bertz CT molecular complexity index is 1720. The second-order valence-corrected chi connectivity index (χ2v) is 14.8. The van der Waals surface area contributed by atoms with Gasteiger partial charge in [0.1, 0.15) is 36.0 Å². The number of amides is 6. The summed E-state index contributed by atoms with van der Waals surface area (Å²) in [6.45, 7) is 10.3. The predicted molar refractivity (Wildman–Crippen MR) is 209 cm³/mol. The maximum Gasteiger partial charge on any atom is 0.326 e. The molecule has 0 aliphatic rings. The van der Waals surface area contributed by atoms with Gasteiger partial charge in [-0.25, -0.2) is 4.79 Å². The van der Waals surface area contributed by atoms with Crippen molar-refractivity contribution in [2.24, 2.45) is 17.8 Å². The number of anilines is 1. The number of nitrogens with zero attached hydrogens (tertiary/aromatic N) is 1. The highest BCUT2D eigenvalue weighted by Crippen LogP contribution is 2.17. The maximum atomic E-state index is 14.0. The number of hydrogen-bond donors (Lipinski definition) is 8. The molecule has 0 fully saturated rings. The Hall–Kier alpha value is -6.00. The number of aromatic hydroxyl groups is 1. The number of phenols is 1. The van der Waals surface area contributed by atoms with Gasteiger partial charge >= 0.3 is 11.9 Å². The quantitative estimate of drug-likeness (QED) is 0.0855. The molecule has 2 aromatic carbocycles. The second-order valence-electron chi connectivity index (χ2n) is 14.8. The summed E-state index contributed by atoms with van der Waals surface area (Å²) in [5, 5.41) is 41.1. The second kappa shape index (κ2) is 22.5. The summed E-state index contributed by atoms with van der Waals surface area (Å²) in [6.07, 6.45) is -1.34. The van der Waals surface area contributed by atoms with E-state index in [2.05, 4.69) is 26.6 Å². The summed E-state index contributed by atoms with van der Waals surface area (Å²) in [6, 6.07) is 7.00. The summed E-state index contributed by atoms with van der Waals surface area (Å²) in [5.41, 5.74) is 0.972. The fourth-order valence-corrected chi connectivity index (χ4v) is 5.95. The molecule has 1 unspecified atom stereocenters. The van der Waals surface area contributed by atoms with Crippen molar-refractivity contribution in [2.45, 2.75) is 104 Å². The lowest BCUT2D eigenvalue weighted by atomic mass is 9.95. The van der Waals surface area contributed by atoms with Crippen molar-refractivity contribution >= 4 is 53.1 Å². The molecule has 17 nitrogen and oxygen atoms in total. The molecule has 0 aromatic heterocycles. The average Bonchev–Trinajstić information content (AvgIpc) is 3.13. The molecule has 6 amide bonds. The first-order chi connectivity index (χ1) is 26.7. The van der Waals surface area contributed by atoms with E-state index in [9.17, 15) is 53.7 Å². The first kappa shape index (κ1) is 47.2. The van der Waals surface area contributed by atoms with Gasteiger partial charge in [-0.1, -0.05) is 78.3 Å². The summed E-state index contributed by atoms with van der Waals surface area (Å²) in [7, 11) is 1.46. The van der Waals surface area contributed by atoms with Gasteiger partial charge in [-0.2, -0.15) is 0 Å². The highest BCUT2D eigenvalue weighted by molar-refractivity contribution is 6.00. The number of nitrogens with one attached hydrogen (secondary N) is 5. The lowest BCUT2D eigenvalue weighted by molar-refractivity contribution is -0.144. The number of hydrogen-bond acceptors (Lipinski definition) is 9. The molecule has 0 saturated carbocycles. The van der Waals surface area contributed by atoms with E-state index in [1.807, 2.05) is 0 Å². The zero-order chi connectivity index (χ0) is 43.0. The van der Waals surface area contributed by atoms with E-state index in [0.29, 0.717) is 17.7 Å². The van der Waals surface area contributed by atoms with Crippen molar-refractivity contribution in [1.82, 2.24) is 26.2 Å². The molecule has 8 N–H and O–H groups in total. The van der Waals surface area contributed by atoms with Crippen LogP contribution in [-0.2, 0) is 44.8 Å². The van der Waals surface area contributed by atoms with Gasteiger partial charge in [0.05, 0.1) is 19.3 Å². The number of phenolic OH excluding ortho intramolecular Hbond substituents is 1. The van der Waals surface area contributed by atoms with Gasteiger partial charge in [-0.15, -0.1) is 0 Å². The van der Waals surface area contributed by atoms with Gasteiger partial charge in [-0.3, -0.25) is 33.6 Å². The molecular weight excluding hydrogens is 740 g/mol. The SMILES string of the molecule is CC[C@H](C)[C@H](NC(=O)[C@H](C(C)C)N(C)C(=O)Cc1ccc(O)cc1)C(=O)NC(CC(=O)Nc1ccccc1)C(=O)N[C@@H](CC(=O)O)C(=O)N[C@@H](CC(C)C)C(=O)O. The molecule has 17 heteroatoms. The number of carboxylic acid groups (broad SMARTS) is 2. The van der Waals surface area contributed by atoms with E-state index in [4.69, 9.17) is 0 Å². The number of benzene rings is 2. The Balaban J connectivity index is 2.41. The molecule has 0 heterocycles. The Kier molecular flexibility index (Phi) is 18.6. The zero-order valence-electron chi connectivity index (χ0n) is 33.4. The molecule has 2 aromatic rings. The number of aliphatic carboxylic acids is 2. The first-order valence-corrected chi connectivity index (χ1v) is 18.8. The van der Waals surface area contributed by atoms with E-state index in [1.54, 1.807) is 84.0 Å². The van der Waals surface area contributed by atoms with Crippen molar-refractivity contribution in [3.63, 3.8) is 0 Å². The fraction of sp³-hybridized carbons (Fsp3) is 0.500. The molecule has 2 rings (SSSR count). The van der Waals surface area contributed by atoms with E-state index in [1.165, 1.54) is 24.1 Å². The van der Waals surface area contributed by atoms with Gasteiger partial charge in [-0.05, 0) is 54.0 Å². The number of carboxylic acids is 2. The predicted octanol–water partition coefficient (Wildman–Crippen LogP) is 2.04. The van der Waals surface area contributed by atoms with Crippen LogP contribution in [0.1, 0.15) is 72.8 Å². The van der Waals surface area contributed by atoms with Crippen LogP contribution in [0, 0.1) is 17.8 Å². The molecule has 0 saturated heterocycles. The molecule has 0 bridgehead atoms. The summed E-state index contributed by atoms with van der Waals surface area (Å²) < 4.78 is 0. The minimum absolute atomic E-state index is 0.00983. The van der Waals surface area contributed by atoms with Crippen molar-refractivity contribution in [3.05, 3.63) is 60.2 Å². The topological polar surface area (TPSA) is 261 Å². The Morgan fingerprint density at radius 3 is 1.74 bits per heavy atom. The number of para-hydroxylation sites is 1. The van der Waals surface area contributed by atoms with Crippen LogP contribution in [0.2, 0.25) is 0 Å². The summed E-state index contributed by atoms with van der Waals surface area (Å²) in [4.78, 5) is 106. The van der Waals surface area contributed by atoms with Gasteiger partial charge < -0.3 is 46.8 Å². The van der Waals surface area contributed by atoms with Crippen LogP contribution in [0.25, 0.3) is 0 Å². The third-order valence-electron chi connectivity index (χ3n) is 9.21. The smallest absolute Gasteiger partial charge is 0.326 e. The molecule has 0 spiro atoms. The minimum Gasteiger partial charge on any atom is -0.508 e. The van der Waals surface area contributed by atoms with Crippen molar-refractivity contribution in [2.75, 3.05) is 12.4 Å². The monoisotopic (exact) mass is 796 g/mol. The number of carbonyl (C=O) groups excluding carboxylic acids is 6. The van der Waals surface area contributed by atoms with E-state index in [-0.39, 0.29) is 24.5 Å². The van der Waals surface area contributed by atoms with Crippen LogP contribution in [0.5, 0.6) is 5.75 Å². The molecule has 0 radical (unpaired) electrons. The Morgan fingerprint density at radius 2 is 1.23 bits per heavy atom. The fourth-order valence-electron chi connectivity index (χ4n) is 5.95. The lowest BCUT2D eigenvalue weighted by Crippen LogP contribution is -2.61. The van der Waals surface area contributed by atoms with E-state index in [0.717, 1.165) is 0 Å². The zero-order valence-corrected chi connectivity index (χ0v) is 33.4. The van der Waals surface area contributed by atoms with Gasteiger partial charge in [0.15, 0.2) is 0 Å². The third kappa shape index (κ3) is 15.6. The Labute approximate surface area is 332 Å². The lowest BCUT2D eigenvalue weighted by Gasteiger charge is -2.33. The molecule has 6 atom stereocenters. The van der Waals surface area contributed by atoms with E-state index < -0.39 is 102 Å². The van der Waals surface area contributed by atoms with Gasteiger partial charge in [0, 0.05) is 12.7 Å². The number of carbonyl (C=O) groups is 8. The number of rotatable bonds is 22. The van der Waals surface area contributed by atoms with Crippen molar-refractivity contribution in [1.29, 1.82) is 0 Å². The highest BCUT2D eigenvalue weighted by atomic mass is 16.4. The summed E-state index contributed by atoms with van der Waals surface area (Å²) in [5.74, 6) is -8.88. The molecule has 312 valence electrons. The van der Waals surface area contributed by atoms with Crippen LogP contribution in [0.3, 0.4) is 0 Å². The molecular formula is C40H56N6O11. The third-order valence-corrected chi connectivity index (χ3v) is 9.21. The van der Waals surface area contributed by atoms with E-state index >= 15 is 0 Å². The standard InChI is InChI=1S/C40H56N6O11/c1-8-24(6)34(45-39(55)35(23(4)5)46(7)32(49)19-25-14-16-27(47)17-15-25)38(54)43-28(20-31(48)41-26-12-10-9-11-13-26)36(52)42-29(21-33(50)51)37(53)44-30(40(56)57)18-22(2)3/h9-17,22-24,28-30,34-35,47H,8,18-21H2,1-7H3,(H,41,48)(H,42,52)(H,43,54)(H,44,53)(H,45,55)(H,50,51)(H,56,57)/t24-,28?,29-,30-,34-,35-/m0/s1. The first-order valence-electron chi connectivity index (χ1n) is 18.8. The number of likely N-dealkylation sites (N-methyl/N-ethyl adjacent to an activating group) is 1. The molecule has 0 aliphatic carbocycles. The molecule has 0 aliphatic heterocycles. The maximum absolute atomic E-state index is 14.0. The average molecular weight is 797 g/mol. The minimum atomic E-state index is -1.80. The van der Waals surface area contributed by atoms with Crippen LogP contribution in [-0.4, -0.2) is 105 Å². The van der Waals surface area contributed by atoms with Crippen molar-refractivity contribution < 1.29 is 53.7 Å². The van der Waals surface area contributed by atoms with Crippen LogP contribution >= 0.6 is 0 Å². The Morgan fingerprint density at radius 1 is 0.684 bits per heavy atom. The normalized spacial score (nSPS) is 14.2. The molecule has 57 heavy (non-hydrogen) atoms. The van der Waals surface area contributed by atoms with Crippen molar-refractivity contribution in [3.8, 4) is 5.75 Å². The van der Waals surface area contributed by atoms with Crippen LogP contribution in [0.4, 0.5) is 5.69 Å². The van der Waals surface area contributed by atoms with Gasteiger partial charge in [0.25, 0.3) is 0 Å². The largest absolute Gasteiger partial charge is 0.508 e. The van der Waals surface area contributed by atoms with Crippen LogP contribution in [0.15, 0.2) is 54.6 Å². The highest BCUT2D eigenvalue weighted by Gasteiger charge is 2.37. The summed E-state index contributed by atoms with van der Waals surface area (Å²) >= 11 is 0. The van der Waals surface area contributed by atoms with Crippen LogP contribution < -0.4 is 26.6 Å².